The molecule has 8 heteroatoms. The molecule has 0 atom stereocenters. The summed E-state index contributed by atoms with van der Waals surface area (Å²) in [7, 11) is 1.72. The van der Waals surface area contributed by atoms with Crippen molar-refractivity contribution in [2.75, 3.05) is 38.7 Å². The highest BCUT2D eigenvalue weighted by molar-refractivity contribution is 14.0. The summed E-state index contributed by atoms with van der Waals surface area (Å²) in [4.78, 5) is 8.22. The van der Waals surface area contributed by atoms with Crippen molar-refractivity contribution < 1.29 is 14.2 Å². The van der Waals surface area contributed by atoms with Crippen molar-refractivity contribution in [2.24, 2.45) is 4.99 Å². The molecule has 1 aliphatic heterocycles. The Bertz CT molecular complexity index is 713. The lowest BCUT2D eigenvalue weighted by atomic mass is 10.3. The lowest BCUT2D eigenvalue weighted by Crippen LogP contribution is -2.33. The van der Waals surface area contributed by atoms with E-state index in [9.17, 15) is 0 Å². The standard InChI is InChI=1S/C18H22N4O3.HI/c1-19-18(21-8-11-23-15-4-2-7-20-13-15)22-14-5-6-16-17(12-14)25-10-3-9-24-16;/h2,4-7,12-13H,3,8-11H2,1H3,(H2,19,21,22);1H. The molecule has 0 saturated heterocycles. The summed E-state index contributed by atoms with van der Waals surface area (Å²) < 4.78 is 16.9. The van der Waals surface area contributed by atoms with Crippen LogP contribution in [0.2, 0.25) is 0 Å². The highest BCUT2D eigenvalue weighted by atomic mass is 127. The van der Waals surface area contributed by atoms with Crippen LogP contribution in [-0.2, 0) is 0 Å². The second kappa shape index (κ2) is 10.7. The van der Waals surface area contributed by atoms with Gasteiger partial charge in [-0.3, -0.25) is 9.98 Å². The predicted molar refractivity (Wildman–Crippen MR) is 112 cm³/mol. The van der Waals surface area contributed by atoms with Crippen molar-refractivity contribution in [1.82, 2.24) is 10.3 Å². The number of nitrogens with one attached hydrogen (secondary N) is 2. The topological polar surface area (TPSA) is 77.0 Å². The monoisotopic (exact) mass is 470 g/mol. The Morgan fingerprint density at radius 3 is 2.85 bits per heavy atom. The van der Waals surface area contributed by atoms with Gasteiger partial charge in [0.05, 0.1) is 26.0 Å². The van der Waals surface area contributed by atoms with Gasteiger partial charge in [0.2, 0.25) is 0 Å². The molecular formula is C18H23IN4O3. The molecule has 0 saturated carbocycles. The van der Waals surface area contributed by atoms with Crippen molar-refractivity contribution in [3.05, 3.63) is 42.7 Å². The molecule has 26 heavy (non-hydrogen) atoms. The fourth-order valence-electron chi connectivity index (χ4n) is 2.33. The number of guanidine groups is 1. The van der Waals surface area contributed by atoms with Gasteiger partial charge in [-0.15, -0.1) is 24.0 Å². The van der Waals surface area contributed by atoms with E-state index in [2.05, 4.69) is 20.6 Å². The van der Waals surface area contributed by atoms with E-state index in [0.29, 0.717) is 32.3 Å². The van der Waals surface area contributed by atoms with Gasteiger partial charge in [-0.25, -0.2) is 0 Å². The third kappa shape index (κ3) is 5.94. The number of aliphatic imine (C=N–C) groups is 1. The molecule has 0 bridgehead atoms. The molecule has 7 nitrogen and oxygen atoms in total. The minimum absolute atomic E-state index is 0. The molecule has 1 aromatic heterocycles. The first-order valence-corrected chi connectivity index (χ1v) is 8.25. The predicted octanol–water partition coefficient (Wildman–Crippen LogP) is 2.93. The first-order valence-electron chi connectivity index (χ1n) is 8.25. The molecule has 1 aliphatic rings. The first-order chi connectivity index (χ1) is 12.3. The molecular weight excluding hydrogens is 447 g/mol. The van der Waals surface area contributed by atoms with E-state index < -0.39 is 0 Å². The lowest BCUT2D eigenvalue weighted by molar-refractivity contribution is 0.297. The lowest BCUT2D eigenvalue weighted by Gasteiger charge is -2.14. The first kappa shape index (κ1) is 20.1. The van der Waals surface area contributed by atoms with Crippen LogP contribution in [0.5, 0.6) is 17.2 Å². The Kier molecular flexibility index (Phi) is 8.26. The zero-order chi connectivity index (χ0) is 17.3. The molecule has 2 heterocycles. The summed E-state index contributed by atoms with van der Waals surface area (Å²) in [5.41, 5.74) is 0.880. The van der Waals surface area contributed by atoms with Crippen LogP contribution in [0.1, 0.15) is 6.42 Å². The van der Waals surface area contributed by atoms with Crippen LogP contribution in [0.15, 0.2) is 47.7 Å². The van der Waals surface area contributed by atoms with Gasteiger partial charge in [0.15, 0.2) is 17.5 Å². The van der Waals surface area contributed by atoms with Crippen molar-refractivity contribution in [3.63, 3.8) is 0 Å². The summed E-state index contributed by atoms with van der Waals surface area (Å²) in [5, 5.41) is 6.44. The Morgan fingerprint density at radius 2 is 2.08 bits per heavy atom. The molecule has 0 radical (unpaired) electrons. The zero-order valence-corrected chi connectivity index (χ0v) is 16.9. The highest BCUT2D eigenvalue weighted by Gasteiger charge is 2.11. The van der Waals surface area contributed by atoms with Crippen LogP contribution in [-0.4, -0.2) is 44.4 Å². The molecule has 0 fully saturated rings. The molecule has 0 aliphatic carbocycles. The van der Waals surface area contributed by atoms with Crippen LogP contribution in [0.3, 0.4) is 0 Å². The van der Waals surface area contributed by atoms with E-state index in [-0.39, 0.29) is 24.0 Å². The van der Waals surface area contributed by atoms with Crippen LogP contribution in [0.4, 0.5) is 5.69 Å². The zero-order valence-electron chi connectivity index (χ0n) is 14.6. The van der Waals surface area contributed by atoms with Gasteiger partial charge in [-0.2, -0.15) is 0 Å². The minimum Gasteiger partial charge on any atom is -0.490 e. The summed E-state index contributed by atoms with van der Waals surface area (Å²) in [6.45, 7) is 2.46. The van der Waals surface area contributed by atoms with Gasteiger partial charge in [0, 0.05) is 31.4 Å². The number of anilines is 1. The van der Waals surface area contributed by atoms with Gasteiger partial charge in [0.1, 0.15) is 12.4 Å². The number of ether oxygens (including phenoxy) is 3. The smallest absolute Gasteiger partial charge is 0.195 e. The number of aromatic nitrogens is 1. The molecule has 3 rings (SSSR count). The molecule has 1 aromatic carbocycles. The molecule has 2 N–H and O–H groups in total. The Hall–Kier alpha value is -2.23. The number of nitrogens with zero attached hydrogens (tertiary/aromatic N) is 2. The fraction of sp³-hybridized carbons (Fsp3) is 0.333. The highest BCUT2D eigenvalue weighted by Crippen LogP contribution is 2.32. The summed E-state index contributed by atoms with van der Waals surface area (Å²) >= 11 is 0. The average molecular weight is 470 g/mol. The quantitative estimate of drug-likeness (QED) is 0.303. The SMILES string of the molecule is CN=C(NCCOc1cccnc1)Nc1ccc2c(c1)OCCCO2.I. The van der Waals surface area contributed by atoms with Crippen molar-refractivity contribution in [1.29, 1.82) is 0 Å². The molecule has 2 aromatic rings. The number of hydrogen-bond acceptors (Lipinski definition) is 5. The van der Waals surface area contributed by atoms with E-state index in [1.165, 1.54) is 0 Å². The number of rotatable bonds is 5. The number of benzene rings is 1. The van der Waals surface area contributed by atoms with Crippen molar-refractivity contribution in [3.8, 4) is 17.2 Å². The van der Waals surface area contributed by atoms with Gasteiger partial charge >= 0.3 is 0 Å². The van der Waals surface area contributed by atoms with Crippen LogP contribution < -0.4 is 24.8 Å². The normalized spacial score (nSPS) is 13.2. The third-order valence-electron chi connectivity index (χ3n) is 3.53. The van der Waals surface area contributed by atoms with Crippen LogP contribution >= 0.6 is 24.0 Å². The molecule has 0 spiro atoms. The van der Waals surface area contributed by atoms with E-state index >= 15 is 0 Å². The maximum absolute atomic E-state index is 5.70. The summed E-state index contributed by atoms with van der Waals surface area (Å²) in [6.07, 6.45) is 4.29. The summed E-state index contributed by atoms with van der Waals surface area (Å²) in [6, 6.07) is 9.47. The van der Waals surface area contributed by atoms with Crippen molar-refractivity contribution >= 4 is 35.6 Å². The number of halogens is 1. The van der Waals surface area contributed by atoms with Crippen LogP contribution in [0, 0.1) is 0 Å². The largest absolute Gasteiger partial charge is 0.490 e. The van der Waals surface area contributed by atoms with Crippen molar-refractivity contribution in [2.45, 2.75) is 6.42 Å². The Morgan fingerprint density at radius 1 is 1.23 bits per heavy atom. The Labute approximate surface area is 170 Å². The molecule has 140 valence electrons. The van der Waals surface area contributed by atoms with E-state index in [1.54, 1.807) is 19.4 Å². The number of pyridine rings is 1. The molecule has 0 amide bonds. The minimum atomic E-state index is 0. The van der Waals surface area contributed by atoms with E-state index in [4.69, 9.17) is 14.2 Å². The number of hydrogen-bond donors (Lipinski definition) is 2. The van der Waals surface area contributed by atoms with Gasteiger partial charge in [0.25, 0.3) is 0 Å². The van der Waals surface area contributed by atoms with Gasteiger partial charge in [-0.1, -0.05) is 0 Å². The second-order valence-corrected chi connectivity index (χ2v) is 5.37. The van der Waals surface area contributed by atoms with Gasteiger partial charge in [-0.05, 0) is 24.3 Å². The average Bonchev–Trinajstić information content (AvgIpc) is 2.90. The van der Waals surface area contributed by atoms with E-state index in [0.717, 1.165) is 29.4 Å². The fourth-order valence-corrected chi connectivity index (χ4v) is 2.33. The molecule has 0 unspecified atom stereocenters. The second-order valence-electron chi connectivity index (χ2n) is 5.37. The maximum Gasteiger partial charge on any atom is 0.195 e. The van der Waals surface area contributed by atoms with E-state index in [1.807, 2.05) is 30.3 Å². The summed E-state index contributed by atoms with van der Waals surface area (Å²) in [5.74, 6) is 2.92. The third-order valence-corrected chi connectivity index (χ3v) is 3.53. The Balaban J connectivity index is 0.00000243. The van der Waals surface area contributed by atoms with Crippen LogP contribution in [0.25, 0.3) is 0 Å². The number of fused-ring (bicyclic) bond motifs is 1. The van der Waals surface area contributed by atoms with Gasteiger partial charge < -0.3 is 24.8 Å². The maximum atomic E-state index is 5.70.